The van der Waals surface area contributed by atoms with Gasteiger partial charge in [0.15, 0.2) is 0 Å². The minimum absolute atomic E-state index is 0.247. The molecule has 0 bridgehead atoms. The minimum Gasteiger partial charge on any atom is -0.497 e. The van der Waals surface area contributed by atoms with Gasteiger partial charge in [-0.15, -0.1) is 0 Å². The van der Waals surface area contributed by atoms with E-state index < -0.39 is 5.91 Å². The minimum atomic E-state index is -0.390. The van der Waals surface area contributed by atoms with Gasteiger partial charge in [-0.3, -0.25) is 9.59 Å². The van der Waals surface area contributed by atoms with E-state index in [1.807, 2.05) is 49.3 Å². The van der Waals surface area contributed by atoms with Crippen molar-refractivity contribution in [3.8, 4) is 5.75 Å². The van der Waals surface area contributed by atoms with E-state index in [9.17, 15) is 9.59 Å². The molecular formula is C25H23N3O3. The monoisotopic (exact) mass is 413 g/mol. The van der Waals surface area contributed by atoms with E-state index in [4.69, 9.17) is 4.74 Å². The molecule has 6 nitrogen and oxygen atoms in total. The summed E-state index contributed by atoms with van der Waals surface area (Å²) in [6.07, 6.45) is 0. The first kappa shape index (κ1) is 20.2. The number of nitrogens with zero attached hydrogens (tertiary/aromatic N) is 2. The lowest BCUT2D eigenvalue weighted by molar-refractivity contribution is -0.120. The lowest BCUT2D eigenvalue weighted by Crippen LogP contribution is -2.32. The standard InChI is InChI=1S/C25H23N3O3/c1-27(2)19-13-11-18(12-14-19)26-23-22(17-9-15-21(31-3)16-10-17)24(29)28(25(23)30)20-7-5-4-6-8-20/h4-16,26H,1-3H3. The normalized spacial score (nSPS) is 13.6. The van der Waals surface area contributed by atoms with Gasteiger partial charge in [-0.1, -0.05) is 30.3 Å². The first-order valence-corrected chi connectivity index (χ1v) is 9.86. The molecule has 3 aromatic rings. The van der Waals surface area contributed by atoms with Crippen LogP contribution in [0.15, 0.2) is 84.6 Å². The number of para-hydroxylation sites is 1. The second-order valence-corrected chi connectivity index (χ2v) is 7.33. The number of nitrogens with one attached hydrogen (secondary N) is 1. The molecule has 4 rings (SSSR count). The summed E-state index contributed by atoms with van der Waals surface area (Å²) in [5.41, 5.74) is 3.51. The van der Waals surface area contributed by atoms with E-state index in [2.05, 4.69) is 5.32 Å². The van der Waals surface area contributed by atoms with Gasteiger partial charge in [0.1, 0.15) is 11.4 Å². The van der Waals surface area contributed by atoms with Crippen molar-refractivity contribution in [1.29, 1.82) is 0 Å². The van der Waals surface area contributed by atoms with Gasteiger partial charge in [0.2, 0.25) is 0 Å². The molecule has 31 heavy (non-hydrogen) atoms. The Balaban J connectivity index is 1.77. The van der Waals surface area contributed by atoms with Crippen molar-refractivity contribution in [3.05, 3.63) is 90.1 Å². The second kappa shape index (κ2) is 8.36. The van der Waals surface area contributed by atoms with Gasteiger partial charge in [-0.2, -0.15) is 0 Å². The van der Waals surface area contributed by atoms with Gasteiger partial charge in [0, 0.05) is 25.5 Å². The predicted octanol–water partition coefficient (Wildman–Crippen LogP) is 4.16. The van der Waals surface area contributed by atoms with Crippen molar-refractivity contribution >= 4 is 34.4 Å². The zero-order chi connectivity index (χ0) is 22.0. The summed E-state index contributed by atoms with van der Waals surface area (Å²) in [5.74, 6) is -0.0812. The van der Waals surface area contributed by atoms with Gasteiger partial charge in [0.25, 0.3) is 11.8 Å². The Morgan fingerprint density at radius 1 is 0.806 bits per heavy atom. The highest BCUT2D eigenvalue weighted by molar-refractivity contribution is 6.46. The molecule has 1 heterocycles. The Kier molecular flexibility index (Phi) is 5.45. The SMILES string of the molecule is COc1ccc(C2=C(Nc3ccc(N(C)C)cc3)C(=O)N(c3ccccc3)C2=O)cc1. The van der Waals surface area contributed by atoms with Crippen LogP contribution in [0.3, 0.4) is 0 Å². The average molecular weight is 413 g/mol. The van der Waals surface area contributed by atoms with Crippen LogP contribution in [-0.4, -0.2) is 33.0 Å². The van der Waals surface area contributed by atoms with Gasteiger partial charge >= 0.3 is 0 Å². The largest absolute Gasteiger partial charge is 0.497 e. The molecule has 6 heteroatoms. The molecule has 0 fully saturated rings. The number of carbonyl (C=O) groups is 2. The maximum atomic E-state index is 13.4. The fourth-order valence-corrected chi connectivity index (χ4v) is 3.47. The first-order chi connectivity index (χ1) is 15.0. The molecule has 0 saturated heterocycles. The summed E-state index contributed by atoms with van der Waals surface area (Å²) >= 11 is 0. The van der Waals surface area contributed by atoms with Gasteiger partial charge in [0.05, 0.1) is 18.4 Å². The molecule has 1 aliphatic heterocycles. The molecule has 0 atom stereocenters. The van der Waals surface area contributed by atoms with Crippen LogP contribution < -0.4 is 19.9 Å². The topological polar surface area (TPSA) is 61.9 Å². The molecule has 1 N–H and O–H groups in total. The van der Waals surface area contributed by atoms with Crippen LogP contribution in [0.1, 0.15) is 5.56 Å². The number of anilines is 3. The Bertz CT molecular complexity index is 1130. The van der Waals surface area contributed by atoms with Crippen LogP contribution in [0.4, 0.5) is 17.1 Å². The Labute approximate surface area is 181 Å². The number of imide groups is 1. The Morgan fingerprint density at radius 3 is 2.03 bits per heavy atom. The second-order valence-electron chi connectivity index (χ2n) is 7.33. The highest BCUT2D eigenvalue weighted by Crippen LogP contribution is 2.34. The summed E-state index contributed by atoms with van der Waals surface area (Å²) < 4.78 is 5.23. The third-order valence-electron chi connectivity index (χ3n) is 5.13. The first-order valence-electron chi connectivity index (χ1n) is 9.86. The van der Waals surface area contributed by atoms with Crippen LogP contribution in [0.2, 0.25) is 0 Å². The third-order valence-corrected chi connectivity index (χ3v) is 5.13. The zero-order valence-electron chi connectivity index (χ0n) is 17.6. The van der Waals surface area contributed by atoms with E-state index >= 15 is 0 Å². The smallest absolute Gasteiger partial charge is 0.282 e. The molecule has 156 valence electrons. The lowest BCUT2D eigenvalue weighted by atomic mass is 10.0. The zero-order valence-corrected chi connectivity index (χ0v) is 17.6. The number of carbonyl (C=O) groups excluding carboxylic acids is 2. The molecule has 1 aliphatic rings. The molecule has 0 aliphatic carbocycles. The molecule has 0 radical (unpaired) electrons. The lowest BCUT2D eigenvalue weighted by Gasteiger charge is -2.16. The highest BCUT2D eigenvalue weighted by atomic mass is 16.5. The molecule has 0 spiro atoms. The van der Waals surface area contributed by atoms with Gasteiger partial charge in [-0.05, 0) is 54.1 Å². The highest BCUT2D eigenvalue weighted by Gasteiger charge is 2.40. The van der Waals surface area contributed by atoms with Crippen LogP contribution >= 0.6 is 0 Å². The summed E-state index contributed by atoms with van der Waals surface area (Å²) in [4.78, 5) is 29.9. The van der Waals surface area contributed by atoms with Crippen molar-refractivity contribution in [2.75, 3.05) is 36.3 Å². The number of hydrogen-bond acceptors (Lipinski definition) is 5. The molecule has 3 aromatic carbocycles. The molecule has 2 amide bonds. The fraction of sp³-hybridized carbons (Fsp3) is 0.120. The van der Waals surface area contributed by atoms with E-state index in [0.29, 0.717) is 22.6 Å². The number of benzene rings is 3. The van der Waals surface area contributed by atoms with E-state index in [1.165, 1.54) is 4.90 Å². The van der Waals surface area contributed by atoms with Crippen molar-refractivity contribution in [2.24, 2.45) is 0 Å². The summed E-state index contributed by atoms with van der Waals surface area (Å²) in [7, 11) is 5.51. The predicted molar refractivity (Wildman–Crippen MR) is 123 cm³/mol. The number of methoxy groups -OCH3 is 1. The van der Waals surface area contributed by atoms with Crippen molar-refractivity contribution in [3.63, 3.8) is 0 Å². The summed E-state index contributed by atoms with van der Waals surface area (Å²) in [6.45, 7) is 0. The molecule has 0 saturated carbocycles. The fourth-order valence-electron chi connectivity index (χ4n) is 3.47. The Morgan fingerprint density at radius 2 is 1.45 bits per heavy atom. The quantitative estimate of drug-likeness (QED) is 0.615. The third kappa shape index (κ3) is 3.88. The van der Waals surface area contributed by atoms with Crippen LogP contribution in [0, 0.1) is 0 Å². The van der Waals surface area contributed by atoms with Crippen molar-refractivity contribution in [1.82, 2.24) is 0 Å². The van der Waals surface area contributed by atoms with Gasteiger partial charge in [-0.25, -0.2) is 4.90 Å². The van der Waals surface area contributed by atoms with Crippen molar-refractivity contribution < 1.29 is 14.3 Å². The number of hydrogen-bond donors (Lipinski definition) is 1. The average Bonchev–Trinajstić information content (AvgIpc) is 3.04. The van der Waals surface area contributed by atoms with Crippen LogP contribution in [-0.2, 0) is 9.59 Å². The molecule has 0 aromatic heterocycles. The Hall–Kier alpha value is -4.06. The van der Waals surface area contributed by atoms with E-state index in [1.54, 1.807) is 55.6 Å². The molecular weight excluding hydrogens is 390 g/mol. The number of ether oxygens (including phenoxy) is 1. The maximum Gasteiger partial charge on any atom is 0.282 e. The summed E-state index contributed by atoms with van der Waals surface area (Å²) in [5, 5.41) is 3.18. The summed E-state index contributed by atoms with van der Waals surface area (Å²) in [6, 6.07) is 23.7. The van der Waals surface area contributed by atoms with Crippen LogP contribution in [0.5, 0.6) is 5.75 Å². The number of rotatable bonds is 6. The van der Waals surface area contributed by atoms with Gasteiger partial charge < -0.3 is 15.0 Å². The van der Waals surface area contributed by atoms with Crippen molar-refractivity contribution in [2.45, 2.75) is 0 Å². The van der Waals surface area contributed by atoms with Crippen LogP contribution in [0.25, 0.3) is 5.57 Å². The molecule has 0 unspecified atom stereocenters. The number of amides is 2. The van der Waals surface area contributed by atoms with E-state index in [-0.39, 0.29) is 11.6 Å². The maximum absolute atomic E-state index is 13.4. The van der Waals surface area contributed by atoms with E-state index in [0.717, 1.165) is 11.4 Å².